The molecule has 0 aliphatic heterocycles. The van der Waals surface area contributed by atoms with Crippen LogP contribution in [-0.4, -0.2) is 59.3 Å². The number of aliphatic hydroxyl groups is 2. The van der Waals surface area contributed by atoms with Gasteiger partial charge in [0.25, 0.3) is 0 Å². The Bertz CT molecular complexity index is 652. The van der Waals surface area contributed by atoms with Gasteiger partial charge in [-0.15, -0.1) is 0 Å². The number of rotatable bonds is 6. The molecule has 1 fully saturated rings. The van der Waals surface area contributed by atoms with E-state index < -0.39 is 60.2 Å². The average Bonchev–Trinajstić information content (AvgIpc) is 2.56. The van der Waals surface area contributed by atoms with Crippen molar-refractivity contribution in [3.8, 4) is 0 Å². The monoisotopic (exact) mass is 334 g/mol. The first-order valence-corrected chi connectivity index (χ1v) is 7.42. The molecular weight excluding hydrogens is 316 g/mol. The second-order valence-electron chi connectivity index (χ2n) is 5.60. The maximum Gasteiger partial charge on any atom is 0.175 e. The van der Waals surface area contributed by atoms with E-state index in [1.165, 1.54) is 19.2 Å². The first-order valence-electron chi connectivity index (χ1n) is 7.42. The van der Waals surface area contributed by atoms with Crippen molar-refractivity contribution in [3.05, 3.63) is 35.9 Å². The fraction of sp³-hybridized carbons (Fsp3) is 0.412. The van der Waals surface area contributed by atoms with Gasteiger partial charge in [0.05, 0.1) is 13.0 Å². The Morgan fingerprint density at radius 1 is 1.21 bits per heavy atom. The molecule has 7 nitrogen and oxygen atoms in total. The molecule has 7 heteroatoms. The topological polar surface area (TPSA) is 118 Å². The molecule has 0 spiro atoms. The minimum absolute atomic E-state index is 0.210. The Kier molecular flexibility index (Phi) is 5.71. The van der Waals surface area contributed by atoms with Crippen LogP contribution in [0.1, 0.15) is 16.8 Å². The number of carbonyl (C=O) groups is 4. The fourth-order valence-corrected chi connectivity index (χ4v) is 2.86. The van der Waals surface area contributed by atoms with Crippen LogP contribution in [-0.2, 0) is 19.1 Å². The third kappa shape index (κ3) is 3.33. The highest BCUT2D eigenvalue weighted by atomic mass is 16.5. The molecule has 0 heterocycles. The van der Waals surface area contributed by atoms with Gasteiger partial charge in [-0.05, 0) is 0 Å². The van der Waals surface area contributed by atoms with Crippen molar-refractivity contribution in [2.45, 2.75) is 18.6 Å². The molecule has 128 valence electrons. The Balaban J connectivity index is 2.28. The van der Waals surface area contributed by atoms with E-state index >= 15 is 0 Å². The van der Waals surface area contributed by atoms with Crippen LogP contribution in [0, 0.1) is 11.8 Å². The molecule has 0 saturated heterocycles. The Hall–Kier alpha value is -2.22. The number of ether oxygens (including phenoxy) is 1. The molecule has 2 rings (SSSR count). The SMILES string of the molecule is COC1C(=O)CC(=O)C(C(=O)C(CO)C(=O)c2ccccc2)C1O. The molecule has 0 aromatic heterocycles. The maximum absolute atomic E-state index is 12.6. The number of methoxy groups -OCH3 is 1. The van der Waals surface area contributed by atoms with Gasteiger partial charge in [0.15, 0.2) is 23.1 Å². The number of Topliss-reactive ketones (excluding diaryl/α,β-unsaturated/α-hetero) is 4. The number of carbonyl (C=O) groups excluding carboxylic acids is 4. The van der Waals surface area contributed by atoms with Crippen molar-refractivity contribution in [1.82, 2.24) is 0 Å². The first-order chi connectivity index (χ1) is 11.4. The maximum atomic E-state index is 12.6. The summed E-state index contributed by atoms with van der Waals surface area (Å²) in [6.07, 6.45) is -3.53. The van der Waals surface area contributed by atoms with Crippen molar-refractivity contribution in [2.75, 3.05) is 13.7 Å². The minimum Gasteiger partial charge on any atom is -0.395 e. The Labute approximate surface area is 138 Å². The third-order valence-corrected chi connectivity index (χ3v) is 4.13. The largest absolute Gasteiger partial charge is 0.395 e. The predicted molar refractivity (Wildman–Crippen MR) is 81.3 cm³/mol. The number of aliphatic hydroxyl groups excluding tert-OH is 2. The van der Waals surface area contributed by atoms with Gasteiger partial charge in [-0.25, -0.2) is 0 Å². The van der Waals surface area contributed by atoms with Gasteiger partial charge in [0.1, 0.15) is 24.0 Å². The van der Waals surface area contributed by atoms with Crippen LogP contribution in [0.3, 0.4) is 0 Å². The van der Waals surface area contributed by atoms with E-state index in [0.717, 1.165) is 0 Å². The second kappa shape index (κ2) is 7.57. The standard InChI is InChI=1S/C17H18O7/c1-24-17-12(20)7-11(19)13(16(17)23)15(22)10(8-18)14(21)9-5-3-2-4-6-9/h2-6,10,13,16-18,23H,7-8H2,1H3. The zero-order valence-electron chi connectivity index (χ0n) is 13.0. The van der Waals surface area contributed by atoms with E-state index in [1.54, 1.807) is 18.2 Å². The molecule has 24 heavy (non-hydrogen) atoms. The van der Waals surface area contributed by atoms with Gasteiger partial charge in [0, 0.05) is 12.7 Å². The fourth-order valence-electron chi connectivity index (χ4n) is 2.86. The van der Waals surface area contributed by atoms with E-state index in [0.29, 0.717) is 0 Å². The molecule has 1 aromatic carbocycles. The van der Waals surface area contributed by atoms with Gasteiger partial charge < -0.3 is 14.9 Å². The molecule has 4 atom stereocenters. The molecule has 0 amide bonds. The summed E-state index contributed by atoms with van der Waals surface area (Å²) in [7, 11) is 1.18. The zero-order chi connectivity index (χ0) is 17.9. The molecule has 1 aromatic rings. The second-order valence-corrected chi connectivity index (χ2v) is 5.60. The minimum atomic E-state index is -1.67. The van der Waals surface area contributed by atoms with Crippen LogP contribution < -0.4 is 0 Å². The zero-order valence-corrected chi connectivity index (χ0v) is 13.0. The van der Waals surface area contributed by atoms with Gasteiger partial charge in [-0.2, -0.15) is 0 Å². The van der Waals surface area contributed by atoms with Crippen LogP contribution in [0.15, 0.2) is 30.3 Å². The summed E-state index contributed by atoms with van der Waals surface area (Å²) in [6.45, 7) is -0.797. The normalized spacial score (nSPS) is 25.4. The lowest BCUT2D eigenvalue weighted by Gasteiger charge is -2.32. The lowest BCUT2D eigenvalue weighted by molar-refractivity contribution is -0.158. The molecular formula is C17H18O7. The van der Waals surface area contributed by atoms with E-state index in [9.17, 15) is 29.4 Å². The highest BCUT2D eigenvalue weighted by Gasteiger charge is 2.49. The summed E-state index contributed by atoms with van der Waals surface area (Å²) < 4.78 is 4.85. The van der Waals surface area contributed by atoms with E-state index in [-0.39, 0.29) is 5.56 Å². The van der Waals surface area contributed by atoms with Gasteiger partial charge in [-0.1, -0.05) is 30.3 Å². The summed E-state index contributed by atoms with van der Waals surface area (Å²) >= 11 is 0. The molecule has 0 bridgehead atoms. The van der Waals surface area contributed by atoms with Crippen LogP contribution in [0.4, 0.5) is 0 Å². The highest BCUT2D eigenvalue weighted by Crippen LogP contribution is 2.26. The molecule has 1 aliphatic carbocycles. The summed E-state index contributed by atoms with van der Waals surface area (Å²) in [6, 6.07) is 7.87. The van der Waals surface area contributed by atoms with Crippen molar-refractivity contribution in [1.29, 1.82) is 0 Å². The van der Waals surface area contributed by atoms with E-state index in [4.69, 9.17) is 4.74 Å². The predicted octanol–water partition coefficient (Wildman–Crippen LogP) is -0.419. The molecule has 0 radical (unpaired) electrons. The third-order valence-electron chi connectivity index (χ3n) is 4.13. The smallest absolute Gasteiger partial charge is 0.175 e. The van der Waals surface area contributed by atoms with Crippen molar-refractivity contribution < 1.29 is 34.1 Å². The first kappa shape index (κ1) is 18.1. The highest BCUT2D eigenvalue weighted by molar-refractivity contribution is 6.20. The molecule has 4 unspecified atom stereocenters. The Morgan fingerprint density at radius 2 is 1.83 bits per heavy atom. The summed E-state index contributed by atoms with van der Waals surface area (Å²) in [5.41, 5.74) is 0.210. The van der Waals surface area contributed by atoms with Crippen molar-refractivity contribution in [3.63, 3.8) is 0 Å². The number of ketones is 4. The Morgan fingerprint density at radius 3 is 2.38 bits per heavy atom. The van der Waals surface area contributed by atoms with Crippen LogP contribution in [0.25, 0.3) is 0 Å². The number of benzene rings is 1. The van der Waals surface area contributed by atoms with Crippen molar-refractivity contribution >= 4 is 23.1 Å². The van der Waals surface area contributed by atoms with E-state index in [1.807, 2.05) is 0 Å². The quantitative estimate of drug-likeness (QED) is 0.536. The van der Waals surface area contributed by atoms with E-state index in [2.05, 4.69) is 0 Å². The molecule has 1 saturated carbocycles. The van der Waals surface area contributed by atoms with Crippen LogP contribution in [0.2, 0.25) is 0 Å². The molecule has 1 aliphatic rings. The molecule has 2 N–H and O–H groups in total. The lowest BCUT2D eigenvalue weighted by atomic mass is 9.75. The number of hydrogen-bond acceptors (Lipinski definition) is 7. The van der Waals surface area contributed by atoms with Crippen LogP contribution >= 0.6 is 0 Å². The van der Waals surface area contributed by atoms with Gasteiger partial charge >= 0.3 is 0 Å². The van der Waals surface area contributed by atoms with Gasteiger partial charge in [-0.3, -0.25) is 19.2 Å². The summed E-state index contributed by atoms with van der Waals surface area (Å²) in [5.74, 6) is -5.99. The average molecular weight is 334 g/mol. The van der Waals surface area contributed by atoms with Crippen LogP contribution in [0.5, 0.6) is 0 Å². The van der Waals surface area contributed by atoms with Crippen molar-refractivity contribution in [2.24, 2.45) is 11.8 Å². The van der Waals surface area contributed by atoms with Gasteiger partial charge in [0.2, 0.25) is 0 Å². The lowest BCUT2D eigenvalue weighted by Crippen LogP contribution is -2.54. The summed E-state index contributed by atoms with van der Waals surface area (Å²) in [5, 5.41) is 19.6. The number of hydrogen-bond donors (Lipinski definition) is 2. The summed E-state index contributed by atoms with van der Waals surface area (Å²) in [4.78, 5) is 48.7.